The summed E-state index contributed by atoms with van der Waals surface area (Å²) in [6.07, 6.45) is 0.239. The summed E-state index contributed by atoms with van der Waals surface area (Å²) in [5.74, 6) is -0.319. The summed E-state index contributed by atoms with van der Waals surface area (Å²) in [7, 11) is 1.62. The van der Waals surface area contributed by atoms with E-state index in [-0.39, 0.29) is 24.9 Å². The minimum absolute atomic E-state index is 0.0542. The van der Waals surface area contributed by atoms with E-state index in [9.17, 15) is 14.4 Å². The lowest BCUT2D eigenvalue weighted by atomic mass is 9.92. The number of nitrogens with one attached hydrogen (secondary N) is 1. The molecule has 0 radical (unpaired) electrons. The molecule has 2 aromatic carbocycles. The normalized spacial score (nSPS) is 18.8. The van der Waals surface area contributed by atoms with Gasteiger partial charge in [-0.15, -0.1) is 0 Å². The summed E-state index contributed by atoms with van der Waals surface area (Å²) in [6.45, 7) is 3.87. The second kappa shape index (κ2) is 10.1. The van der Waals surface area contributed by atoms with Crippen molar-refractivity contribution in [1.29, 1.82) is 0 Å². The number of morpholine rings is 1. The Labute approximate surface area is 197 Å². The first kappa shape index (κ1) is 23.6. The van der Waals surface area contributed by atoms with Crippen LogP contribution >= 0.6 is 0 Å². The van der Waals surface area contributed by atoms with Crippen LogP contribution in [0.2, 0.25) is 0 Å². The van der Waals surface area contributed by atoms with E-state index in [4.69, 9.17) is 14.6 Å². The van der Waals surface area contributed by atoms with Gasteiger partial charge in [0.2, 0.25) is 0 Å². The van der Waals surface area contributed by atoms with Crippen LogP contribution in [0.4, 0.5) is 4.79 Å². The molecule has 180 valence electrons. The molecule has 2 aromatic rings. The number of rotatable bonds is 7. The molecule has 2 N–H and O–H groups in total. The fourth-order valence-electron chi connectivity index (χ4n) is 4.45. The number of methoxy groups -OCH3 is 1. The van der Waals surface area contributed by atoms with Crippen LogP contribution in [-0.2, 0) is 14.3 Å². The molecule has 4 rings (SSSR count). The molecule has 9 nitrogen and oxygen atoms in total. The van der Waals surface area contributed by atoms with Gasteiger partial charge < -0.3 is 24.8 Å². The molecule has 0 aromatic heterocycles. The van der Waals surface area contributed by atoms with Gasteiger partial charge in [0, 0.05) is 31.8 Å². The maximum atomic E-state index is 13.7. The van der Waals surface area contributed by atoms with Gasteiger partial charge in [0.25, 0.3) is 5.91 Å². The van der Waals surface area contributed by atoms with E-state index in [1.54, 1.807) is 18.9 Å². The number of benzene rings is 2. The first-order chi connectivity index (χ1) is 16.4. The summed E-state index contributed by atoms with van der Waals surface area (Å²) in [5, 5.41) is 13.9. The smallest absolute Gasteiger partial charge is 0.322 e. The third-order valence-corrected chi connectivity index (χ3v) is 6.30. The van der Waals surface area contributed by atoms with Crippen LogP contribution in [0.5, 0.6) is 5.75 Å². The van der Waals surface area contributed by atoms with E-state index in [1.807, 2.05) is 36.4 Å². The van der Waals surface area contributed by atoms with Gasteiger partial charge in [-0.25, -0.2) is 4.79 Å². The summed E-state index contributed by atoms with van der Waals surface area (Å²) < 4.78 is 10.7. The van der Waals surface area contributed by atoms with Crippen LogP contribution in [0.1, 0.15) is 31.4 Å². The molecule has 2 aliphatic heterocycles. The highest BCUT2D eigenvalue weighted by atomic mass is 16.5. The Hall–Kier alpha value is -3.59. The average molecular weight is 468 g/mol. The van der Waals surface area contributed by atoms with E-state index in [1.165, 1.54) is 4.90 Å². The van der Waals surface area contributed by atoms with E-state index in [2.05, 4.69) is 5.32 Å². The van der Waals surface area contributed by atoms with Gasteiger partial charge >= 0.3 is 12.0 Å². The number of carboxylic acids is 1. The van der Waals surface area contributed by atoms with E-state index in [0.29, 0.717) is 44.0 Å². The molecule has 0 aliphatic carbocycles. The zero-order valence-electron chi connectivity index (χ0n) is 19.4. The van der Waals surface area contributed by atoms with Gasteiger partial charge in [0.05, 0.1) is 31.9 Å². The predicted octanol–water partition coefficient (Wildman–Crippen LogP) is 2.91. The number of amides is 3. The van der Waals surface area contributed by atoms with Crippen molar-refractivity contribution in [3.8, 4) is 5.75 Å². The number of carbonyl (C=O) groups is 3. The fourth-order valence-corrected chi connectivity index (χ4v) is 4.45. The van der Waals surface area contributed by atoms with Crippen LogP contribution in [-0.4, -0.2) is 72.8 Å². The van der Waals surface area contributed by atoms with Gasteiger partial charge in [0.1, 0.15) is 5.75 Å². The Balaban J connectivity index is 1.72. The minimum Gasteiger partial charge on any atom is -0.497 e. The Kier molecular flexibility index (Phi) is 7.02. The number of carboxylic acid groups (broad SMARTS) is 1. The van der Waals surface area contributed by atoms with Gasteiger partial charge in [-0.05, 0) is 47.9 Å². The monoisotopic (exact) mass is 467 g/mol. The second-order valence-electron chi connectivity index (χ2n) is 8.41. The largest absolute Gasteiger partial charge is 0.497 e. The van der Waals surface area contributed by atoms with Crippen molar-refractivity contribution in [1.82, 2.24) is 15.1 Å². The molecule has 2 heterocycles. The molecule has 1 fully saturated rings. The maximum Gasteiger partial charge on any atom is 0.322 e. The number of nitrogens with zero attached hydrogens (tertiary/aromatic N) is 2. The quantitative estimate of drug-likeness (QED) is 0.648. The Morgan fingerprint density at radius 3 is 2.56 bits per heavy atom. The van der Waals surface area contributed by atoms with E-state index >= 15 is 0 Å². The van der Waals surface area contributed by atoms with Crippen molar-refractivity contribution < 1.29 is 29.0 Å². The minimum atomic E-state index is -0.922. The van der Waals surface area contributed by atoms with Crippen LogP contribution in [0.15, 0.2) is 47.7 Å². The first-order valence-corrected chi connectivity index (χ1v) is 11.3. The van der Waals surface area contributed by atoms with Crippen molar-refractivity contribution in [2.45, 2.75) is 25.8 Å². The third kappa shape index (κ3) is 4.84. The van der Waals surface area contributed by atoms with Crippen LogP contribution < -0.4 is 10.1 Å². The highest BCUT2D eigenvalue weighted by Crippen LogP contribution is 2.34. The standard InChI is InChI=1S/C25H29N3O6/c1-16-22(24(31)27-10-12-34-13-11-27)23(26-25(32)28(16)9-3-4-21(29)30)19-6-5-18-15-20(33-2)8-7-17(18)14-19/h5-8,14-15,23H,3-4,9-13H2,1-2H3,(H,26,32)(H,29,30). The number of aliphatic carboxylic acids is 1. The second-order valence-corrected chi connectivity index (χ2v) is 8.41. The maximum absolute atomic E-state index is 13.7. The predicted molar refractivity (Wildman–Crippen MR) is 125 cm³/mol. The Morgan fingerprint density at radius 2 is 1.85 bits per heavy atom. The number of carbonyl (C=O) groups excluding carboxylic acids is 2. The lowest BCUT2D eigenvalue weighted by Gasteiger charge is -2.38. The molecule has 0 saturated carbocycles. The van der Waals surface area contributed by atoms with E-state index < -0.39 is 12.0 Å². The Bertz CT molecular complexity index is 1140. The topological polar surface area (TPSA) is 108 Å². The van der Waals surface area contributed by atoms with Crippen molar-refractivity contribution in [3.63, 3.8) is 0 Å². The lowest BCUT2D eigenvalue weighted by molar-refractivity contribution is -0.137. The molecule has 2 aliphatic rings. The molecular formula is C25H29N3O6. The summed E-state index contributed by atoms with van der Waals surface area (Å²) in [6, 6.07) is 10.6. The highest BCUT2D eigenvalue weighted by Gasteiger charge is 2.37. The third-order valence-electron chi connectivity index (χ3n) is 6.30. The molecule has 9 heteroatoms. The molecule has 0 bridgehead atoms. The lowest BCUT2D eigenvalue weighted by Crippen LogP contribution is -2.51. The summed E-state index contributed by atoms with van der Waals surface area (Å²) in [5.41, 5.74) is 1.84. The first-order valence-electron chi connectivity index (χ1n) is 11.3. The SMILES string of the molecule is COc1ccc2cc(C3NC(=O)N(CCCC(=O)O)C(C)=C3C(=O)N3CCOCC3)ccc2c1. The average Bonchev–Trinajstić information content (AvgIpc) is 2.85. The zero-order valence-corrected chi connectivity index (χ0v) is 19.4. The fraction of sp³-hybridized carbons (Fsp3) is 0.400. The number of hydrogen-bond donors (Lipinski definition) is 2. The molecular weight excluding hydrogens is 438 g/mol. The van der Waals surface area contributed by atoms with Crippen molar-refractivity contribution in [2.75, 3.05) is 40.0 Å². The van der Waals surface area contributed by atoms with Crippen molar-refractivity contribution in [3.05, 3.63) is 53.2 Å². The molecule has 34 heavy (non-hydrogen) atoms. The summed E-state index contributed by atoms with van der Waals surface area (Å²) >= 11 is 0. The number of fused-ring (bicyclic) bond motifs is 1. The molecule has 1 unspecified atom stereocenters. The van der Waals surface area contributed by atoms with Gasteiger partial charge in [-0.2, -0.15) is 0 Å². The number of hydrogen-bond acceptors (Lipinski definition) is 5. The van der Waals surface area contributed by atoms with Crippen LogP contribution in [0.3, 0.4) is 0 Å². The number of urea groups is 1. The molecule has 1 saturated heterocycles. The van der Waals surface area contributed by atoms with Gasteiger partial charge in [0.15, 0.2) is 0 Å². The molecule has 1 atom stereocenters. The number of allylic oxidation sites excluding steroid dienone is 1. The van der Waals surface area contributed by atoms with Crippen molar-refractivity contribution in [2.24, 2.45) is 0 Å². The van der Waals surface area contributed by atoms with Crippen LogP contribution in [0.25, 0.3) is 10.8 Å². The van der Waals surface area contributed by atoms with Gasteiger partial charge in [-0.1, -0.05) is 18.2 Å². The van der Waals surface area contributed by atoms with Crippen LogP contribution in [0, 0.1) is 0 Å². The highest BCUT2D eigenvalue weighted by molar-refractivity contribution is 5.99. The molecule has 3 amide bonds. The van der Waals surface area contributed by atoms with Crippen molar-refractivity contribution >= 4 is 28.7 Å². The molecule has 0 spiro atoms. The number of ether oxygens (including phenoxy) is 2. The van der Waals surface area contributed by atoms with Gasteiger partial charge in [-0.3, -0.25) is 14.5 Å². The van der Waals surface area contributed by atoms with E-state index in [0.717, 1.165) is 22.1 Å². The summed E-state index contributed by atoms with van der Waals surface area (Å²) in [4.78, 5) is 40.9. The Morgan fingerprint density at radius 1 is 1.15 bits per heavy atom. The zero-order chi connectivity index (χ0) is 24.2.